The van der Waals surface area contributed by atoms with Crippen molar-refractivity contribution in [3.05, 3.63) is 193 Å². The molecule has 0 saturated carbocycles. The van der Waals surface area contributed by atoms with Crippen LogP contribution in [0.5, 0.6) is 5.75 Å². The van der Waals surface area contributed by atoms with E-state index in [0.29, 0.717) is 28.1 Å². The zero-order valence-electron chi connectivity index (χ0n) is 32.8. The monoisotopic (exact) mass is 892 g/mol. The molecule has 0 bridgehead atoms. The van der Waals surface area contributed by atoms with E-state index in [1.807, 2.05) is 102 Å². The molecule has 0 atom stereocenters. The Hall–Kier alpha value is -6.35. The van der Waals surface area contributed by atoms with Crippen molar-refractivity contribution in [1.29, 1.82) is 0 Å². The van der Waals surface area contributed by atoms with Crippen molar-refractivity contribution < 1.29 is 30.3 Å². The summed E-state index contributed by atoms with van der Waals surface area (Å²) in [5, 5.41) is 11.2. The van der Waals surface area contributed by atoms with E-state index in [2.05, 4.69) is 67.6 Å². The van der Waals surface area contributed by atoms with E-state index in [9.17, 15) is 5.11 Å². The molecule has 268 valence electrons. The molecule has 0 spiro atoms. The van der Waals surface area contributed by atoms with Crippen LogP contribution in [-0.4, -0.2) is 19.6 Å². The molecule has 0 fully saturated rings. The number of rotatable bonds is 7. The Morgan fingerprint density at radius 1 is 0.582 bits per heavy atom. The van der Waals surface area contributed by atoms with Gasteiger partial charge in [-0.05, 0) is 83.6 Å². The summed E-state index contributed by atoms with van der Waals surface area (Å²) in [6.07, 6.45) is 1.83. The van der Waals surface area contributed by atoms with E-state index in [-0.39, 0.29) is 32.4 Å². The minimum Gasteiger partial charge on any atom is -0.507 e. The van der Waals surface area contributed by atoms with Crippen LogP contribution in [0.1, 0.15) is 15.2 Å². The average molecular weight is 893 g/mol. The molecule has 0 saturated heterocycles. The van der Waals surface area contributed by atoms with Crippen molar-refractivity contribution in [2.75, 3.05) is 0 Å². The van der Waals surface area contributed by atoms with Crippen LogP contribution in [0, 0.1) is 19.8 Å². The summed E-state index contributed by atoms with van der Waals surface area (Å²) in [7, 11) is 0. The summed E-state index contributed by atoms with van der Waals surface area (Å²) in [4.78, 5) is 10.1. The number of benzene rings is 7. The number of aromatic nitrogens is 3. The molecule has 0 radical (unpaired) electrons. The molecule has 2 aromatic heterocycles. The summed E-state index contributed by atoms with van der Waals surface area (Å²) in [5.41, 5.74) is 12.7. The second kappa shape index (κ2) is 15.2. The number of nitrogens with zero attached hydrogens (tertiary/aromatic N) is 3. The van der Waals surface area contributed by atoms with Crippen molar-refractivity contribution >= 4 is 11.0 Å². The molecule has 0 aliphatic heterocycles. The molecule has 0 aliphatic carbocycles. The molecule has 2 heterocycles. The van der Waals surface area contributed by atoms with Gasteiger partial charge in [-0.25, -0.2) is 4.98 Å². The molecular weight excluding hydrogens is 854 g/mol. The molecule has 9 rings (SSSR count). The quantitative estimate of drug-likeness (QED) is 0.162. The summed E-state index contributed by atoms with van der Waals surface area (Å²) in [6, 6.07) is 58.9. The molecule has 0 amide bonds. The number of hydrogen-bond donors (Lipinski definition) is 1. The van der Waals surface area contributed by atoms with Crippen molar-refractivity contribution in [3.63, 3.8) is 0 Å². The van der Waals surface area contributed by atoms with Crippen LogP contribution in [0.4, 0.5) is 0 Å². The maximum Gasteiger partial charge on any atom is 0.148 e. The van der Waals surface area contributed by atoms with E-state index in [4.69, 9.17) is 14.1 Å². The fourth-order valence-electron chi connectivity index (χ4n) is 7.10. The second-order valence-corrected chi connectivity index (χ2v) is 13.4. The summed E-state index contributed by atoms with van der Waals surface area (Å²) >= 11 is 0. The Balaban J connectivity index is 0.00000469. The second-order valence-electron chi connectivity index (χ2n) is 13.4. The number of aryl methyl sites for hydroxylation is 2. The van der Waals surface area contributed by atoms with Crippen LogP contribution < -0.4 is 0 Å². The number of hydrogen-bond acceptors (Lipinski definition) is 3. The normalized spacial score (nSPS) is 12.1. The van der Waals surface area contributed by atoms with Gasteiger partial charge in [0.2, 0.25) is 0 Å². The Morgan fingerprint density at radius 3 is 1.96 bits per heavy atom. The average Bonchev–Trinajstić information content (AvgIpc) is 3.63. The Morgan fingerprint density at radius 2 is 1.22 bits per heavy atom. The third-order valence-electron chi connectivity index (χ3n) is 9.86. The van der Waals surface area contributed by atoms with Gasteiger partial charge in [-0.2, -0.15) is 0 Å². The molecule has 1 N–H and O–H groups in total. The Kier molecular flexibility index (Phi) is 8.86. The van der Waals surface area contributed by atoms with Crippen LogP contribution in [0.15, 0.2) is 176 Å². The van der Waals surface area contributed by atoms with Gasteiger partial charge < -0.3 is 5.11 Å². The minimum absolute atomic E-state index is 0. The van der Waals surface area contributed by atoms with E-state index in [0.717, 1.165) is 55.8 Å². The first-order valence-electron chi connectivity index (χ1n) is 19.4. The van der Waals surface area contributed by atoms with Crippen LogP contribution in [0.3, 0.4) is 0 Å². The van der Waals surface area contributed by atoms with Gasteiger partial charge in [-0.3, -0.25) is 9.55 Å². The van der Waals surface area contributed by atoms with Gasteiger partial charge in [0.1, 0.15) is 11.6 Å². The number of phenols is 1. The molecule has 7 aromatic carbocycles. The number of aromatic hydroxyl groups is 1. The largest absolute Gasteiger partial charge is 0.507 e. The standard InChI is InChI=1S/C50H36N3O.Pt/c1-33-20-22-37(23-21-33)39-26-27-51-45(32-39)42-30-40(36-14-7-4-8-15-36)29-41(31-42)43-17-11-18-47-49(43)52-50(44-16-9-10-19-48(44)54)53(47)46-25-24-38(28-34(46)2)35-12-5-3-6-13-35;/h3-30,32,54H,1-2H3;/q-1;/i2D3;. The molecular formula is C50H36N3OPt-. The van der Waals surface area contributed by atoms with Crippen LogP contribution in [0.2, 0.25) is 0 Å². The fraction of sp³-hybridized carbons (Fsp3) is 0.0400. The van der Waals surface area contributed by atoms with Gasteiger partial charge in [0.15, 0.2) is 0 Å². The van der Waals surface area contributed by atoms with Gasteiger partial charge in [0.05, 0.1) is 22.3 Å². The topological polar surface area (TPSA) is 50.9 Å². The maximum atomic E-state index is 11.2. The first-order valence-corrected chi connectivity index (χ1v) is 17.9. The molecule has 5 heteroatoms. The molecule has 9 aromatic rings. The Bertz CT molecular complexity index is 2910. The van der Waals surface area contributed by atoms with Gasteiger partial charge in [0.25, 0.3) is 0 Å². The van der Waals surface area contributed by atoms with Gasteiger partial charge in [0, 0.05) is 37.1 Å². The summed E-state index contributed by atoms with van der Waals surface area (Å²) in [5.74, 6) is 0.451. The molecule has 0 unspecified atom stereocenters. The predicted molar refractivity (Wildman–Crippen MR) is 221 cm³/mol. The third kappa shape index (κ3) is 6.94. The van der Waals surface area contributed by atoms with E-state index >= 15 is 0 Å². The number of para-hydroxylation sites is 2. The SMILES string of the molecule is [2H]C([2H])([2H])c1cc(-c2ccccc2)ccc1-n1c(-c2ccccc2O)nc2c(-c3[c-]c(-c4cc(-c5ccc(C)cc5)ccn4)cc(-c4ccccc4)c3)cccc21.[Pt]. The zero-order valence-corrected chi connectivity index (χ0v) is 32.1. The first kappa shape index (κ1) is 32.1. The number of imidazole rings is 1. The first-order chi connectivity index (χ1) is 27.7. The minimum atomic E-state index is -2.46. The number of fused-ring (bicyclic) bond motifs is 1. The summed E-state index contributed by atoms with van der Waals surface area (Å²) < 4.78 is 28.0. The van der Waals surface area contributed by atoms with E-state index in [1.54, 1.807) is 24.3 Å². The van der Waals surface area contributed by atoms with Crippen LogP contribution in [0.25, 0.3) is 83.9 Å². The zero-order chi connectivity index (χ0) is 39.1. The van der Waals surface area contributed by atoms with Gasteiger partial charge in [-0.1, -0.05) is 144 Å². The molecule has 4 nitrogen and oxygen atoms in total. The molecule has 55 heavy (non-hydrogen) atoms. The third-order valence-corrected chi connectivity index (χ3v) is 9.86. The van der Waals surface area contributed by atoms with Crippen molar-refractivity contribution in [1.82, 2.24) is 14.5 Å². The fourth-order valence-corrected chi connectivity index (χ4v) is 7.10. The van der Waals surface area contributed by atoms with Crippen LogP contribution >= 0.6 is 0 Å². The van der Waals surface area contributed by atoms with E-state index in [1.165, 1.54) is 5.56 Å². The molecule has 0 aliphatic rings. The number of pyridine rings is 1. The predicted octanol–water partition coefficient (Wildman–Crippen LogP) is 12.5. The van der Waals surface area contributed by atoms with Crippen molar-refractivity contribution in [3.8, 4) is 78.6 Å². The Labute approximate surface area is 339 Å². The van der Waals surface area contributed by atoms with Crippen LogP contribution in [-0.2, 0) is 21.1 Å². The van der Waals surface area contributed by atoms with Gasteiger partial charge in [-0.15, -0.1) is 23.8 Å². The number of phenolic OH excluding ortho intramolecular Hbond substituents is 1. The summed E-state index contributed by atoms with van der Waals surface area (Å²) in [6.45, 7) is -0.381. The maximum absolute atomic E-state index is 11.2. The van der Waals surface area contributed by atoms with E-state index < -0.39 is 6.85 Å². The van der Waals surface area contributed by atoms with Crippen molar-refractivity contribution in [2.45, 2.75) is 13.8 Å². The van der Waals surface area contributed by atoms with Crippen molar-refractivity contribution in [2.24, 2.45) is 0 Å². The smallest absolute Gasteiger partial charge is 0.148 e. The van der Waals surface area contributed by atoms with Gasteiger partial charge >= 0.3 is 0 Å².